The Morgan fingerprint density at radius 3 is 2.47 bits per heavy atom. The molecule has 2 aromatic carbocycles. The second-order valence-electron chi connectivity index (χ2n) is 8.40. The Hall–Kier alpha value is -1.96. The van der Waals surface area contributed by atoms with Gasteiger partial charge in [0, 0.05) is 25.2 Å². The van der Waals surface area contributed by atoms with Crippen molar-refractivity contribution in [2.45, 2.75) is 43.5 Å². The monoisotopic (exact) mass is 432 g/mol. The molecule has 2 heterocycles. The van der Waals surface area contributed by atoms with Crippen molar-refractivity contribution < 1.29 is 17.5 Å². The summed E-state index contributed by atoms with van der Waals surface area (Å²) in [5, 5.41) is 0. The zero-order chi connectivity index (χ0) is 21.2. The van der Waals surface area contributed by atoms with E-state index in [9.17, 15) is 12.8 Å². The Morgan fingerprint density at radius 1 is 1.03 bits per heavy atom. The molecule has 0 amide bonds. The van der Waals surface area contributed by atoms with Crippen LogP contribution >= 0.6 is 0 Å². The van der Waals surface area contributed by atoms with Crippen LogP contribution in [0.3, 0.4) is 0 Å². The molecule has 0 aromatic heterocycles. The highest BCUT2D eigenvalue weighted by Gasteiger charge is 2.46. The quantitative estimate of drug-likeness (QED) is 0.697. The van der Waals surface area contributed by atoms with Crippen molar-refractivity contribution >= 4 is 10.0 Å². The van der Waals surface area contributed by atoms with Gasteiger partial charge in [-0.25, -0.2) is 12.8 Å². The van der Waals surface area contributed by atoms with Crippen molar-refractivity contribution in [2.24, 2.45) is 0 Å². The van der Waals surface area contributed by atoms with E-state index in [-0.39, 0.29) is 22.9 Å². The Kier molecular flexibility index (Phi) is 6.14. The minimum atomic E-state index is -3.38. The number of nitrogens with zero attached hydrogens (tertiary/aromatic N) is 2. The molecule has 0 bridgehead atoms. The van der Waals surface area contributed by atoms with E-state index in [1.54, 1.807) is 10.4 Å². The zero-order valence-electron chi connectivity index (χ0n) is 17.4. The lowest BCUT2D eigenvalue weighted by atomic mass is 9.87. The molecular formula is C23H29FN2O3S. The molecule has 2 fully saturated rings. The molecule has 1 spiro atoms. The lowest BCUT2D eigenvalue weighted by Crippen LogP contribution is -2.56. The van der Waals surface area contributed by atoms with Crippen LogP contribution in [-0.2, 0) is 22.3 Å². The lowest BCUT2D eigenvalue weighted by Gasteiger charge is -2.45. The van der Waals surface area contributed by atoms with Crippen molar-refractivity contribution in [3.8, 4) is 5.75 Å². The fourth-order valence-electron chi connectivity index (χ4n) is 4.92. The number of hydrogen-bond donors (Lipinski definition) is 0. The minimum Gasteiger partial charge on any atom is -0.494 e. The van der Waals surface area contributed by atoms with Crippen molar-refractivity contribution in [3.63, 3.8) is 0 Å². The smallest absolute Gasteiger partial charge is 0.218 e. The van der Waals surface area contributed by atoms with E-state index in [0.29, 0.717) is 19.6 Å². The van der Waals surface area contributed by atoms with Crippen molar-refractivity contribution in [1.29, 1.82) is 0 Å². The number of halogens is 1. The van der Waals surface area contributed by atoms with Gasteiger partial charge in [-0.1, -0.05) is 36.4 Å². The van der Waals surface area contributed by atoms with Gasteiger partial charge in [-0.05, 0) is 55.5 Å². The number of ether oxygens (including phenoxy) is 1. The third-order valence-corrected chi connectivity index (χ3v) is 8.23. The summed E-state index contributed by atoms with van der Waals surface area (Å²) in [4.78, 5) is 2.36. The second-order valence-corrected chi connectivity index (χ2v) is 10.4. The molecule has 2 aliphatic rings. The summed E-state index contributed by atoms with van der Waals surface area (Å²) in [5.74, 6) is -0.0853. The number of sulfonamides is 1. The van der Waals surface area contributed by atoms with E-state index in [1.165, 1.54) is 13.2 Å². The molecule has 0 radical (unpaired) electrons. The molecule has 7 heteroatoms. The number of piperidine rings is 1. The second kappa shape index (κ2) is 8.65. The molecule has 4 rings (SSSR count). The summed E-state index contributed by atoms with van der Waals surface area (Å²) < 4.78 is 47.1. The van der Waals surface area contributed by atoms with E-state index in [0.717, 1.165) is 43.4 Å². The molecule has 0 unspecified atom stereocenters. The van der Waals surface area contributed by atoms with Gasteiger partial charge in [0.15, 0.2) is 11.6 Å². The maximum Gasteiger partial charge on any atom is 0.218 e. The molecule has 0 saturated carbocycles. The topological polar surface area (TPSA) is 49.9 Å². The minimum absolute atomic E-state index is 0.0353. The molecule has 2 saturated heterocycles. The van der Waals surface area contributed by atoms with Crippen LogP contribution in [0.5, 0.6) is 5.75 Å². The molecule has 2 aliphatic heterocycles. The Balaban J connectivity index is 1.50. The van der Waals surface area contributed by atoms with E-state index in [1.807, 2.05) is 36.4 Å². The van der Waals surface area contributed by atoms with Crippen LogP contribution in [0, 0.1) is 5.82 Å². The van der Waals surface area contributed by atoms with Crippen LogP contribution in [0.25, 0.3) is 0 Å². The highest BCUT2D eigenvalue weighted by atomic mass is 32.2. The summed E-state index contributed by atoms with van der Waals surface area (Å²) in [6.07, 6.45) is 3.83. The van der Waals surface area contributed by atoms with Crippen LogP contribution in [0.2, 0.25) is 0 Å². The molecule has 162 valence electrons. The summed E-state index contributed by atoms with van der Waals surface area (Å²) in [7, 11) is -1.92. The standard InChI is InChI=1S/C23H29FN2O3S/c1-29-22-10-9-20(15-21(22)24)16-25-13-5-11-23(25)12-6-14-26(18-23)30(27,28)17-19-7-3-2-4-8-19/h2-4,7-10,15H,5-6,11-14,16-18H2,1H3/t23-/m1/s1. The Labute approximate surface area is 178 Å². The van der Waals surface area contributed by atoms with Gasteiger partial charge in [0.2, 0.25) is 10.0 Å². The summed E-state index contributed by atoms with van der Waals surface area (Å²) in [6.45, 7) is 2.61. The van der Waals surface area contributed by atoms with Crippen LogP contribution in [0.15, 0.2) is 48.5 Å². The van der Waals surface area contributed by atoms with Gasteiger partial charge in [0.05, 0.1) is 12.9 Å². The summed E-state index contributed by atoms with van der Waals surface area (Å²) in [6, 6.07) is 14.4. The van der Waals surface area contributed by atoms with E-state index in [4.69, 9.17) is 4.74 Å². The van der Waals surface area contributed by atoms with Gasteiger partial charge >= 0.3 is 0 Å². The first-order valence-corrected chi connectivity index (χ1v) is 12.1. The molecule has 0 N–H and O–H groups in total. The van der Waals surface area contributed by atoms with Crippen LogP contribution < -0.4 is 4.74 Å². The fraction of sp³-hybridized carbons (Fsp3) is 0.478. The van der Waals surface area contributed by atoms with Gasteiger partial charge in [-0.15, -0.1) is 0 Å². The number of benzene rings is 2. The van der Waals surface area contributed by atoms with E-state index in [2.05, 4.69) is 4.90 Å². The van der Waals surface area contributed by atoms with Crippen molar-refractivity contribution in [3.05, 3.63) is 65.5 Å². The van der Waals surface area contributed by atoms with Crippen molar-refractivity contribution in [1.82, 2.24) is 9.21 Å². The van der Waals surface area contributed by atoms with Gasteiger partial charge in [-0.2, -0.15) is 4.31 Å². The van der Waals surface area contributed by atoms with Gasteiger partial charge in [0.1, 0.15) is 0 Å². The van der Waals surface area contributed by atoms with Crippen LogP contribution in [0.4, 0.5) is 4.39 Å². The Morgan fingerprint density at radius 2 is 1.77 bits per heavy atom. The third kappa shape index (κ3) is 4.38. The normalized spacial score (nSPS) is 23.1. The Bertz CT molecular complexity index is 983. The maximum absolute atomic E-state index is 14.2. The highest BCUT2D eigenvalue weighted by Crippen LogP contribution is 2.39. The average molecular weight is 433 g/mol. The van der Waals surface area contributed by atoms with Crippen molar-refractivity contribution in [2.75, 3.05) is 26.7 Å². The first-order valence-electron chi connectivity index (χ1n) is 10.5. The third-order valence-electron chi connectivity index (χ3n) is 6.44. The molecule has 5 nitrogen and oxygen atoms in total. The molecule has 2 aromatic rings. The van der Waals surface area contributed by atoms with Gasteiger partial charge in [-0.3, -0.25) is 4.90 Å². The number of likely N-dealkylation sites (tertiary alicyclic amines) is 1. The number of rotatable bonds is 6. The average Bonchev–Trinajstić information content (AvgIpc) is 3.10. The molecular weight excluding hydrogens is 403 g/mol. The first kappa shape index (κ1) is 21.3. The maximum atomic E-state index is 14.2. The number of methoxy groups -OCH3 is 1. The molecule has 0 aliphatic carbocycles. The van der Waals surface area contributed by atoms with Crippen LogP contribution in [-0.4, -0.2) is 49.9 Å². The van der Waals surface area contributed by atoms with E-state index >= 15 is 0 Å². The predicted octanol–water partition coefficient (Wildman–Crippen LogP) is 3.79. The van der Waals surface area contributed by atoms with Gasteiger partial charge in [0.25, 0.3) is 0 Å². The molecule has 1 atom stereocenters. The lowest BCUT2D eigenvalue weighted by molar-refractivity contribution is 0.0678. The predicted molar refractivity (Wildman–Crippen MR) is 115 cm³/mol. The summed E-state index contributed by atoms with van der Waals surface area (Å²) in [5.41, 5.74) is 1.53. The van der Waals surface area contributed by atoms with E-state index < -0.39 is 10.0 Å². The highest BCUT2D eigenvalue weighted by molar-refractivity contribution is 7.88. The first-order chi connectivity index (χ1) is 14.4. The SMILES string of the molecule is COc1ccc(CN2CCC[C@]23CCCN(S(=O)(=O)Cc2ccccc2)C3)cc1F. The van der Waals surface area contributed by atoms with Gasteiger partial charge < -0.3 is 4.74 Å². The molecule has 30 heavy (non-hydrogen) atoms. The number of hydrogen-bond acceptors (Lipinski definition) is 4. The largest absolute Gasteiger partial charge is 0.494 e. The fourth-order valence-corrected chi connectivity index (χ4v) is 6.56. The van der Waals surface area contributed by atoms with Crippen LogP contribution in [0.1, 0.15) is 36.8 Å². The zero-order valence-corrected chi connectivity index (χ0v) is 18.2. The summed E-state index contributed by atoms with van der Waals surface area (Å²) >= 11 is 0.